The SMILES string of the molecule is O=C(NCc1ccc2[nH]c(C(F)(F)F)cc2c1)c1ncc(C(F)(F)F)cn1. The number of hydrogen-bond donors (Lipinski definition) is 2. The molecular weight excluding hydrogens is 378 g/mol. The van der Waals surface area contributed by atoms with E-state index in [-0.39, 0.29) is 12.1 Å². The highest BCUT2D eigenvalue weighted by molar-refractivity contribution is 5.90. The fraction of sp³-hybridized carbons (Fsp3) is 0.188. The van der Waals surface area contributed by atoms with Crippen molar-refractivity contribution in [3.8, 4) is 0 Å². The second kappa shape index (κ2) is 6.56. The zero-order valence-corrected chi connectivity index (χ0v) is 13.2. The van der Waals surface area contributed by atoms with Crippen molar-refractivity contribution >= 4 is 16.8 Å². The minimum atomic E-state index is -4.61. The molecule has 0 atom stereocenters. The second-order valence-electron chi connectivity index (χ2n) is 5.58. The molecule has 0 saturated carbocycles. The Morgan fingerprint density at radius 2 is 1.67 bits per heavy atom. The van der Waals surface area contributed by atoms with E-state index in [0.717, 1.165) is 6.07 Å². The molecule has 0 aliphatic heterocycles. The summed E-state index contributed by atoms with van der Waals surface area (Å²) >= 11 is 0. The van der Waals surface area contributed by atoms with Crippen LogP contribution in [0.1, 0.15) is 27.4 Å². The van der Waals surface area contributed by atoms with Crippen molar-refractivity contribution in [2.24, 2.45) is 0 Å². The van der Waals surface area contributed by atoms with Crippen LogP contribution in [0.2, 0.25) is 0 Å². The average molecular weight is 388 g/mol. The number of amides is 1. The van der Waals surface area contributed by atoms with Crippen molar-refractivity contribution < 1.29 is 31.1 Å². The molecule has 0 aliphatic carbocycles. The zero-order valence-electron chi connectivity index (χ0n) is 13.2. The standard InChI is InChI=1S/C16H10F6N4O/c17-15(18,19)10-6-23-13(24-7-10)14(27)25-5-8-1-2-11-9(3-8)4-12(26-11)16(20,21)22/h1-4,6-7,26H,5H2,(H,25,27). The predicted molar refractivity (Wildman–Crippen MR) is 81.5 cm³/mol. The van der Waals surface area contributed by atoms with Crippen LogP contribution >= 0.6 is 0 Å². The highest BCUT2D eigenvalue weighted by Gasteiger charge is 2.33. The number of aromatic amines is 1. The quantitative estimate of drug-likeness (QED) is 0.668. The maximum Gasteiger partial charge on any atom is 0.431 e. The van der Waals surface area contributed by atoms with Gasteiger partial charge in [0.2, 0.25) is 5.82 Å². The van der Waals surface area contributed by atoms with E-state index in [1.54, 1.807) is 0 Å². The van der Waals surface area contributed by atoms with Crippen LogP contribution in [0.25, 0.3) is 10.9 Å². The number of H-pyrrole nitrogens is 1. The maximum absolute atomic E-state index is 12.7. The van der Waals surface area contributed by atoms with Gasteiger partial charge in [0.25, 0.3) is 5.91 Å². The van der Waals surface area contributed by atoms with E-state index in [4.69, 9.17) is 0 Å². The lowest BCUT2D eigenvalue weighted by Crippen LogP contribution is -2.25. The zero-order chi connectivity index (χ0) is 19.8. The van der Waals surface area contributed by atoms with Crippen LogP contribution in [0.3, 0.4) is 0 Å². The van der Waals surface area contributed by atoms with Crippen molar-refractivity contribution in [3.63, 3.8) is 0 Å². The molecule has 3 aromatic rings. The average Bonchev–Trinajstić information content (AvgIpc) is 3.02. The third-order valence-corrected chi connectivity index (χ3v) is 3.63. The van der Waals surface area contributed by atoms with Gasteiger partial charge in [0.05, 0.1) is 5.56 Å². The number of alkyl halides is 6. The molecule has 0 aliphatic rings. The predicted octanol–water partition coefficient (Wildman–Crippen LogP) is 3.93. The molecule has 2 heterocycles. The Kier molecular flexibility index (Phi) is 4.54. The molecule has 0 spiro atoms. The fourth-order valence-corrected chi connectivity index (χ4v) is 2.30. The van der Waals surface area contributed by atoms with Crippen molar-refractivity contribution in [2.75, 3.05) is 0 Å². The van der Waals surface area contributed by atoms with Crippen molar-refractivity contribution in [1.82, 2.24) is 20.3 Å². The molecule has 2 N–H and O–H groups in total. The number of nitrogens with zero attached hydrogens (tertiary/aromatic N) is 2. The molecule has 1 aromatic carbocycles. The molecule has 5 nitrogen and oxygen atoms in total. The van der Waals surface area contributed by atoms with E-state index in [9.17, 15) is 31.1 Å². The van der Waals surface area contributed by atoms with E-state index in [1.807, 2.05) is 0 Å². The van der Waals surface area contributed by atoms with Crippen LogP contribution in [0.5, 0.6) is 0 Å². The van der Waals surface area contributed by atoms with Crippen molar-refractivity contribution in [3.05, 3.63) is 59.3 Å². The van der Waals surface area contributed by atoms with Crippen LogP contribution in [-0.4, -0.2) is 20.9 Å². The molecule has 2 aromatic heterocycles. The van der Waals surface area contributed by atoms with Gasteiger partial charge >= 0.3 is 12.4 Å². The summed E-state index contributed by atoms with van der Waals surface area (Å²) in [7, 11) is 0. The van der Waals surface area contributed by atoms with Gasteiger partial charge in [0, 0.05) is 29.8 Å². The third-order valence-electron chi connectivity index (χ3n) is 3.63. The number of rotatable bonds is 3. The van der Waals surface area contributed by atoms with Crippen LogP contribution in [0.15, 0.2) is 36.7 Å². The molecule has 3 rings (SSSR count). The Bertz CT molecular complexity index is 975. The van der Waals surface area contributed by atoms with E-state index >= 15 is 0 Å². The summed E-state index contributed by atoms with van der Waals surface area (Å²) in [6.07, 6.45) is -8.14. The molecule has 0 bridgehead atoms. The number of fused-ring (bicyclic) bond motifs is 1. The largest absolute Gasteiger partial charge is 0.431 e. The molecule has 11 heteroatoms. The lowest BCUT2D eigenvalue weighted by molar-refractivity contribution is -0.140. The Labute approximate surface area is 147 Å². The summed E-state index contributed by atoms with van der Waals surface area (Å²) < 4.78 is 75.4. The highest BCUT2D eigenvalue weighted by atomic mass is 19.4. The Balaban J connectivity index is 1.69. The number of carbonyl (C=O) groups is 1. The number of hydrogen-bond acceptors (Lipinski definition) is 3. The summed E-state index contributed by atoms with van der Waals surface area (Å²) in [6.45, 7) is -0.0638. The number of nitrogens with one attached hydrogen (secondary N) is 2. The summed E-state index contributed by atoms with van der Waals surface area (Å²) in [4.78, 5) is 20.9. The molecule has 0 unspecified atom stereocenters. The van der Waals surface area contributed by atoms with Gasteiger partial charge in [0.1, 0.15) is 5.69 Å². The van der Waals surface area contributed by atoms with Gasteiger partial charge in [-0.1, -0.05) is 6.07 Å². The van der Waals surface area contributed by atoms with Crippen LogP contribution < -0.4 is 5.32 Å². The van der Waals surface area contributed by atoms with Gasteiger partial charge in [-0.15, -0.1) is 0 Å². The lowest BCUT2D eigenvalue weighted by atomic mass is 10.1. The van der Waals surface area contributed by atoms with Gasteiger partial charge in [0.15, 0.2) is 0 Å². The van der Waals surface area contributed by atoms with Crippen LogP contribution in [0.4, 0.5) is 26.3 Å². The van der Waals surface area contributed by atoms with Crippen molar-refractivity contribution in [2.45, 2.75) is 18.9 Å². The van der Waals surface area contributed by atoms with Crippen molar-refractivity contribution in [1.29, 1.82) is 0 Å². The monoisotopic (exact) mass is 388 g/mol. The highest BCUT2D eigenvalue weighted by Crippen LogP contribution is 2.31. The first-order valence-corrected chi connectivity index (χ1v) is 7.40. The smallest absolute Gasteiger partial charge is 0.351 e. The lowest BCUT2D eigenvalue weighted by Gasteiger charge is -2.07. The first kappa shape index (κ1) is 18.7. The Morgan fingerprint density at radius 1 is 1.00 bits per heavy atom. The molecule has 142 valence electrons. The first-order valence-electron chi connectivity index (χ1n) is 7.40. The molecule has 27 heavy (non-hydrogen) atoms. The summed E-state index contributed by atoms with van der Waals surface area (Å²) in [5, 5.41) is 2.70. The molecule has 0 saturated heterocycles. The summed E-state index contributed by atoms with van der Waals surface area (Å²) in [5.41, 5.74) is -1.20. The van der Waals surface area contributed by atoms with Crippen LogP contribution in [0, 0.1) is 0 Å². The third kappa shape index (κ3) is 4.18. The first-order chi connectivity index (χ1) is 12.5. The Hall–Kier alpha value is -3.11. The summed E-state index contributed by atoms with van der Waals surface area (Å²) in [6, 6.07) is 5.34. The Morgan fingerprint density at radius 3 is 2.26 bits per heavy atom. The fourth-order valence-electron chi connectivity index (χ4n) is 2.30. The molecule has 0 fully saturated rings. The molecule has 0 radical (unpaired) electrons. The van der Waals surface area contributed by atoms with E-state index in [1.165, 1.54) is 18.2 Å². The molecular formula is C16H10F6N4O. The van der Waals surface area contributed by atoms with E-state index < -0.39 is 35.3 Å². The number of aromatic nitrogens is 3. The van der Waals surface area contributed by atoms with Gasteiger partial charge in [-0.2, -0.15) is 26.3 Å². The minimum Gasteiger partial charge on any atom is -0.351 e. The minimum absolute atomic E-state index is 0.0638. The second-order valence-corrected chi connectivity index (χ2v) is 5.58. The van der Waals surface area contributed by atoms with Gasteiger partial charge in [-0.3, -0.25) is 4.79 Å². The molecule has 1 amide bonds. The van der Waals surface area contributed by atoms with Gasteiger partial charge in [-0.25, -0.2) is 9.97 Å². The van der Waals surface area contributed by atoms with E-state index in [0.29, 0.717) is 23.3 Å². The number of benzene rings is 1. The number of halogens is 6. The maximum atomic E-state index is 12.7. The topological polar surface area (TPSA) is 70.7 Å². The van der Waals surface area contributed by atoms with Gasteiger partial charge < -0.3 is 10.3 Å². The summed E-state index contributed by atoms with van der Waals surface area (Å²) in [5.74, 6) is -1.26. The van der Waals surface area contributed by atoms with E-state index in [2.05, 4.69) is 20.3 Å². The van der Waals surface area contributed by atoms with Gasteiger partial charge in [-0.05, 0) is 23.8 Å². The normalized spacial score (nSPS) is 12.4. The van der Waals surface area contributed by atoms with Crippen LogP contribution in [-0.2, 0) is 18.9 Å². The number of carbonyl (C=O) groups excluding carboxylic acids is 1.